The SMILES string of the molecule is Cn1c(=O)c2cc(C(=O)NC[C@H]3CCCO3)n(Cc3ccccc3)c2n(C)c1=O. The first kappa shape index (κ1) is 19.2. The summed E-state index contributed by atoms with van der Waals surface area (Å²) in [7, 11) is 3.05. The Balaban J connectivity index is 1.81. The maximum absolute atomic E-state index is 13.0. The number of fused-ring (bicyclic) bond motifs is 1. The normalized spacial score (nSPS) is 16.4. The van der Waals surface area contributed by atoms with E-state index in [0.717, 1.165) is 23.0 Å². The number of nitrogens with zero attached hydrogens (tertiary/aromatic N) is 3. The van der Waals surface area contributed by atoms with Crippen LogP contribution in [-0.4, -0.2) is 38.9 Å². The molecule has 1 N–H and O–H groups in total. The average molecular weight is 396 g/mol. The van der Waals surface area contributed by atoms with Gasteiger partial charge in [0.05, 0.1) is 11.5 Å². The van der Waals surface area contributed by atoms with Crippen LogP contribution >= 0.6 is 0 Å². The molecule has 8 nitrogen and oxygen atoms in total. The Hall–Kier alpha value is -3.13. The first-order chi connectivity index (χ1) is 14.0. The van der Waals surface area contributed by atoms with Crippen molar-refractivity contribution < 1.29 is 9.53 Å². The Kier molecular flexibility index (Phi) is 5.10. The topological polar surface area (TPSA) is 87.3 Å². The summed E-state index contributed by atoms with van der Waals surface area (Å²) in [5.41, 5.74) is 0.903. The van der Waals surface area contributed by atoms with Gasteiger partial charge >= 0.3 is 5.69 Å². The third-order valence-corrected chi connectivity index (χ3v) is 5.43. The number of amides is 1. The Morgan fingerprint density at radius 3 is 2.62 bits per heavy atom. The molecule has 1 atom stereocenters. The van der Waals surface area contributed by atoms with E-state index in [1.54, 1.807) is 17.7 Å². The largest absolute Gasteiger partial charge is 0.376 e. The van der Waals surface area contributed by atoms with Crippen molar-refractivity contribution in [2.24, 2.45) is 14.1 Å². The first-order valence-electron chi connectivity index (χ1n) is 9.70. The molecule has 1 aliphatic rings. The van der Waals surface area contributed by atoms with Gasteiger partial charge in [-0.3, -0.25) is 18.7 Å². The summed E-state index contributed by atoms with van der Waals surface area (Å²) in [5, 5.41) is 3.26. The molecule has 0 aliphatic carbocycles. The molecule has 1 amide bonds. The zero-order chi connectivity index (χ0) is 20.5. The van der Waals surface area contributed by atoms with E-state index in [1.807, 2.05) is 30.3 Å². The molecule has 1 saturated heterocycles. The average Bonchev–Trinajstić information content (AvgIpc) is 3.38. The van der Waals surface area contributed by atoms with Gasteiger partial charge in [-0.1, -0.05) is 30.3 Å². The lowest BCUT2D eigenvalue weighted by Crippen LogP contribution is -2.37. The van der Waals surface area contributed by atoms with Crippen LogP contribution in [0.5, 0.6) is 0 Å². The van der Waals surface area contributed by atoms with E-state index in [2.05, 4.69) is 5.32 Å². The predicted molar refractivity (Wildman–Crippen MR) is 109 cm³/mol. The van der Waals surface area contributed by atoms with E-state index in [4.69, 9.17) is 4.74 Å². The highest BCUT2D eigenvalue weighted by molar-refractivity contribution is 5.98. The number of nitrogens with one attached hydrogen (secondary N) is 1. The van der Waals surface area contributed by atoms with Gasteiger partial charge in [0.15, 0.2) is 0 Å². The van der Waals surface area contributed by atoms with Crippen molar-refractivity contribution in [1.29, 1.82) is 0 Å². The molecule has 152 valence electrons. The van der Waals surface area contributed by atoms with Gasteiger partial charge in [-0.25, -0.2) is 4.79 Å². The van der Waals surface area contributed by atoms with Gasteiger partial charge in [-0.15, -0.1) is 0 Å². The number of rotatable bonds is 5. The minimum Gasteiger partial charge on any atom is -0.376 e. The zero-order valence-corrected chi connectivity index (χ0v) is 16.6. The molecule has 4 rings (SSSR count). The van der Waals surface area contributed by atoms with Gasteiger partial charge in [-0.2, -0.15) is 0 Å². The Labute approximate surface area is 167 Å². The number of aromatic nitrogens is 3. The quantitative estimate of drug-likeness (QED) is 0.697. The van der Waals surface area contributed by atoms with E-state index < -0.39 is 11.2 Å². The van der Waals surface area contributed by atoms with Crippen LogP contribution in [0.4, 0.5) is 0 Å². The number of aryl methyl sites for hydroxylation is 1. The second kappa shape index (κ2) is 7.71. The second-order valence-electron chi connectivity index (χ2n) is 7.39. The van der Waals surface area contributed by atoms with Gasteiger partial charge < -0.3 is 14.6 Å². The first-order valence-corrected chi connectivity index (χ1v) is 9.70. The molecule has 1 aliphatic heterocycles. The van der Waals surface area contributed by atoms with Crippen molar-refractivity contribution in [3.05, 3.63) is 68.5 Å². The summed E-state index contributed by atoms with van der Waals surface area (Å²) in [6.07, 6.45) is 1.93. The molecule has 1 aromatic carbocycles. The zero-order valence-electron chi connectivity index (χ0n) is 16.6. The van der Waals surface area contributed by atoms with Crippen LogP contribution in [0, 0.1) is 0 Å². The molecular formula is C21H24N4O4. The highest BCUT2D eigenvalue weighted by atomic mass is 16.5. The van der Waals surface area contributed by atoms with E-state index >= 15 is 0 Å². The predicted octanol–water partition coefficient (Wildman–Crippen LogP) is 0.996. The number of hydrogen-bond donors (Lipinski definition) is 1. The number of hydrogen-bond acceptors (Lipinski definition) is 4. The number of benzene rings is 1. The minimum atomic E-state index is -0.429. The fraction of sp³-hybridized carbons (Fsp3) is 0.381. The standard InChI is InChI=1S/C21H24N4O4/c1-23-19-16(20(27)24(2)21(23)28)11-17(18(26)22-12-15-9-6-10-29-15)25(19)13-14-7-4-3-5-8-14/h3-5,7-8,11,15H,6,9-10,12-13H2,1-2H3,(H,22,26)/t15-/m1/s1. The molecule has 0 saturated carbocycles. The number of carbonyl (C=O) groups excluding carboxylic acids is 1. The molecule has 0 unspecified atom stereocenters. The number of ether oxygens (including phenoxy) is 1. The lowest BCUT2D eigenvalue weighted by atomic mass is 10.2. The Morgan fingerprint density at radius 1 is 1.17 bits per heavy atom. The molecule has 8 heteroatoms. The lowest BCUT2D eigenvalue weighted by molar-refractivity contribution is 0.0851. The van der Waals surface area contributed by atoms with Crippen LogP contribution in [0.1, 0.15) is 28.9 Å². The smallest absolute Gasteiger partial charge is 0.332 e. The van der Waals surface area contributed by atoms with Gasteiger partial charge in [0.1, 0.15) is 11.3 Å². The molecule has 0 spiro atoms. The highest BCUT2D eigenvalue weighted by Gasteiger charge is 2.23. The monoisotopic (exact) mass is 396 g/mol. The van der Waals surface area contributed by atoms with Gasteiger partial charge in [0.25, 0.3) is 11.5 Å². The van der Waals surface area contributed by atoms with Crippen molar-refractivity contribution in [2.75, 3.05) is 13.2 Å². The fourth-order valence-corrected chi connectivity index (χ4v) is 3.86. The molecule has 29 heavy (non-hydrogen) atoms. The van der Waals surface area contributed by atoms with Crippen LogP contribution in [0.2, 0.25) is 0 Å². The Bertz CT molecular complexity index is 1170. The van der Waals surface area contributed by atoms with Crippen LogP contribution in [0.25, 0.3) is 11.0 Å². The summed E-state index contributed by atoms with van der Waals surface area (Å²) < 4.78 is 9.78. The molecule has 0 radical (unpaired) electrons. The van der Waals surface area contributed by atoms with Crippen molar-refractivity contribution in [3.63, 3.8) is 0 Å². The molecule has 2 aromatic heterocycles. The van der Waals surface area contributed by atoms with Crippen LogP contribution in [0.3, 0.4) is 0 Å². The number of carbonyl (C=O) groups is 1. The van der Waals surface area contributed by atoms with Crippen molar-refractivity contribution >= 4 is 16.9 Å². The third kappa shape index (κ3) is 3.51. The maximum atomic E-state index is 13.0. The van der Waals surface area contributed by atoms with Crippen molar-refractivity contribution in [2.45, 2.75) is 25.5 Å². The summed E-state index contributed by atoms with van der Waals surface area (Å²) in [4.78, 5) is 38.2. The molecule has 3 heterocycles. The fourth-order valence-electron chi connectivity index (χ4n) is 3.86. The van der Waals surface area contributed by atoms with Gasteiger partial charge in [0, 0.05) is 33.8 Å². The minimum absolute atomic E-state index is 0.0168. The van der Waals surface area contributed by atoms with Crippen molar-refractivity contribution in [3.8, 4) is 0 Å². The second-order valence-corrected chi connectivity index (χ2v) is 7.39. The third-order valence-electron chi connectivity index (χ3n) is 5.43. The molecule has 0 bridgehead atoms. The molecular weight excluding hydrogens is 372 g/mol. The summed E-state index contributed by atoms with van der Waals surface area (Å²) in [5.74, 6) is -0.290. The van der Waals surface area contributed by atoms with E-state index in [-0.39, 0.29) is 12.0 Å². The van der Waals surface area contributed by atoms with E-state index in [9.17, 15) is 14.4 Å². The van der Waals surface area contributed by atoms with Crippen LogP contribution in [0.15, 0.2) is 46.0 Å². The summed E-state index contributed by atoms with van der Waals surface area (Å²) >= 11 is 0. The van der Waals surface area contributed by atoms with E-state index in [1.165, 1.54) is 11.6 Å². The summed E-state index contributed by atoms with van der Waals surface area (Å²) in [6, 6.07) is 11.2. The molecule has 1 fully saturated rings. The van der Waals surface area contributed by atoms with Crippen molar-refractivity contribution in [1.82, 2.24) is 19.0 Å². The summed E-state index contributed by atoms with van der Waals surface area (Å²) in [6.45, 7) is 1.50. The van der Waals surface area contributed by atoms with Gasteiger partial charge in [-0.05, 0) is 24.5 Å². The van der Waals surface area contributed by atoms with Crippen LogP contribution in [-0.2, 0) is 25.4 Å². The molecule has 3 aromatic rings. The lowest BCUT2D eigenvalue weighted by Gasteiger charge is -2.14. The van der Waals surface area contributed by atoms with Gasteiger partial charge in [0.2, 0.25) is 0 Å². The maximum Gasteiger partial charge on any atom is 0.332 e. The highest BCUT2D eigenvalue weighted by Crippen LogP contribution is 2.18. The van der Waals surface area contributed by atoms with E-state index in [0.29, 0.717) is 36.4 Å². The van der Waals surface area contributed by atoms with Crippen LogP contribution < -0.4 is 16.6 Å². The Morgan fingerprint density at radius 2 is 1.93 bits per heavy atom.